The molecule has 0 bridgehead atoms. The topological polar surface area (TPSA) is 61.3 Å². The fraction of sp³-hybridized carbons (Fsp3) is 0.800. The van der Waals surface area contributed by atoms with E-state index in [2.05, 4.69) is 14.9 Å². The summed E-state index contributed by atoms with van der Waals surface area (Å²) in [7, 11) is 0. The lowest BCUT2D eigenvalue weighted by molar-refractivity contribution is 0.0741. The number of aliphatic hydroxyl groups is 1. The van der Waals surface area contributed by atoms with Crippen LogP contribution in [0.25, 0.3) is 0 Å². The minimum Gasteiger partial charge on any atom is -0.395 e. The largest absolute Gasteiger partial charge is 0.395 e. The van der Waals surface area contributed by atoms with Crippen LogP contribution >= 0.6 is 11.5 Å². The first-order valence-corrected chi connectivity index (χ1v) is 6.61. The molecule has 104 valence electrons. The Morgan fingerprint density at radius 2 is 2.28 bits per heavy atom. The Hall–Kier alpha value is -0.860. The van der Waals surface area contributed by atoms with Crippen molar-refractivity contribution in [3.05, 3.63) is 5.69 Å². The van der Waals surface area contributed by atoms with Crippen molar-refractivity contribution in [1.29, 1.82) is 0 Å². The van der Waals surface area contributed by atoms with E-state index in [1.165, 1.54) is 16.4 Å². The lowest BCUT2D eigenvalue weighted by Gasteiger charge is -2.19. The summed E-state index contributed by atoms with van der Waals surface area (Å²) in [4.78, 5) is 1.47. The van der Waals surface area contributed by atoms with Crippen LogP contribution < -0.4 is 5.32 Å². The molecule has 0 aliphatic rings. The van der Waals surface area contributed by atoms with Crippen molar-refractivity contribution < 1.29 is 13.9 Å². The second-order valence-corrected chi connectivity index (χ2v) is 4.58. The fourth-order valence-electron chi connectivity index (χ4n) is 1.47. The lowest BCUT2D eigenvalue weighted by Crippen LogP contribution is -2.31. The van der Waals surface area contributed by atoms with E-state index in [1.807, 2.05) is 6.92 Å². The van der Waals surface area contributed by atoms with Gasteiger partial charge in [-0.25, -0.2) is 8.78 Å². The summed E-state index contributed by atoms with van der Waals surface area (Å²) in [6, 6.07) is 0. The summed E-state index contributed by atoms with van der Waals surface area (Å²) in [6.45, 7) is 2.79. The maximum atomic E-state index is 12.4. The van der Waals surface area contributed by atoms with Crippen LogP contribution in [-0.4, -0.2) is 52.3 Å². The number of halogens is 2. The van der Waals surface area contributed by atoms with Gasteiger partial charge in [0.2, 0.25) is 0 Å². The zero-order valence-corrected chi connectivity index (χ0v) is 11.1. The molecule has 0 unspecified atom stereocenters. The quantitative estimate of drug-likeness (QED) is 0.716. The highest BCUT2D eigenvalue weighted by Crippen LogP contribution is 2.19. The van der Waals surface area contributed by atoms with Crippen molar-refractivity contribution in [3.63, 3.8) is 0 Å². The number of nitrogens with zero attached hydrogens (tertiary/aromatic N) is 3. The summed E-state index contributed by atoms with van der Waals surface area (Å²) in [6.07, 6.45) is -1.45. The van der Waals surface area contributed by atoms with E-state index in [1.54, 1.807) is 0 Å². The number of anilines is 1. The molecular formula is C10H18F2N4OS. The molecule has 1 aromatic rings. The second-order valence-electron chi connectivity index (χ2n) is 3.83. The lowest BCUT2D eigenvalue weighted by atomic mass is 10.3. The molecule has 1 heterocycles. The van der Waals surface area contributed by atoms with Crippen molar-refractivity contribution >= 4 is 16.5 Å². The third kappa shape index (κ3) is 5.19. The average molecular weight is 280 g/mol. The second kappa shape index (κ2) is 8.28. The molecule has 0 spiro atoms. The Balaban J connectivity index is 2.59. The van der Waals surface area contributed by atoms with Crippen molar-refractivity contribution in [2.24, 2.45) is 0 Å². The molecule has 0 aromatic carbocycles. The normalized spacial score (nSPS) is 11.4. The van der Waals surface area contributed by atoms with Crippen molar-refractivity contribution in [2.45, 2.75) is 26.3 Å². The molecule has 0 saturated carbocycles. The zero-order chi connectivity index (χ0) is 13.4. The molecule has 0 radical (unpaired) electrons. The third-order valence-corrected chi connectivity index (χ3v) is 3.00. The van der Waals surface area contributed by atoms with E-state index in [0.29, 0.717) is 5.69 Å². The van der Waals surface area contributed by atoms with Gasteiger partial charge in [-0.05, 0) is 6.42 Å². The van der Waals surface area contributed by atoms with Crippen LogP contribution in [0.2, 0.25) is 0 Å². The number of alkyl halides is 2. The monoisotopic (exact) mass is 280 g/mol. The SMILES string of the molecule is CCCNc1snnc1CN(CCO)CC(F)F. The molecule has 2 N–H and O–H groups in total. The van der Waals surface area contributed by atoms with E-state index < -0.39 is 6.43 Å². The van der Waals surface area contributed by atoms with Gasteiger partial charge >= 0.3 is 0 Å². The highest BCUT2D eigenvalue weighted by Gasteiger charge is 2.16. The van der Waals surface area contributed by atoms with E-state index in [4.69, 9.17) is 5.11 Å². The Morgan fingerprint density at radius 3 is 2.89 bits per heavy atom. The van der Waals surface area contributed by atoms with Crippen LogP contribution in [0.5, 0.6) is 0 Å². The van der Waals surface area contributed by atoms with Crippen LogP contribution in [-0.2, 0) is 6.54 Å². The van der Waals surface area contributed by atoms with Crippen LogP contribution in [0.4, 0.5) is 13.8 Å². The summed E-state index contributed by atoms with van der Waals surface area (Å²) in [5.74, 6) is 0. The molecule has 1 rings (SSSR count). The van der Waals surface area contributed by atoms with Gasteiger partial charge in [0.25, 0.3) is 6.43 Å². The number of aromatic nitrogens is 2. The first kappa shape index (κ1) is 15.2. The smallest absolute Gasteiger partial charge is 0.251 e. The Bertz CT molecular complexity index is 337. The minimum absolute atomic E-state index is 0.151. The molecule has 5 nitrogen and oxygen atoms in total. The molecule has 0 fully saturated rings. The van der Waals surface area contributed by atoms with Gasteiger partial charge < -0.3 is 10.4 Å². The first-order valence-electron chi connectivity index (χ1n) is 5.83. The summed E-state index contributed by atoms with van der Waals surface area (Å²) >= 11 is 1.22. The Labute approximate surface area is 109 Å². The Morgan fingerprint density at radius 1 is 1.50 bits per heavy atom. The van der Waals surface area contributed by atoms with Crippen molar-refractivity contribution in [2.75, 3.05) is 31.6 Å². The number of nitrogens with one attached hydrogen (secondary N) is 1. The van der Waals surface area contributed by atoms with Gasteiger partial charge in [-0.15, -0.1) is 5.10 Å². The molecular weight excluding hydrogens is 262 g/mol. The van der Waals surface area contributed by atoms with E-state index in [9.17, 15) is 8.78 Å². The fourth-order valence-corrected chi connectivity index (χ4v) is 2.07. The maximum Gasteiger partial charge on any atom is 0.251 e. The van der Waals surface area contributed by atoms with Gasteiger partial charge in [-0.2, -0.15) is 0 Å². The van der Waals surface area contributed by atoms with Gasteiger partial charge in [-0.1, -0.05) is 11.4 Å². The number of hydrogen-bond acceptors (Lipinski definition) is 6. The van der Waals surface area contributed by atoms with E-state index in [-0.39, 0.29) is 26.2 Å². The van der Waals surface area contributed by atoms with E-state index in [0.717, 1.165) is 18.0 Å². The highest BCUT2D eigenvalue weighted by molar-refractivity contribution is 7.10. The molecule has 0 saturated heterocycles. The van der Waals surface area contributed by atoms with Crippen LogP contribution in [0, 0.1) is 0 Å². The van der Waals surface area contributed by atoms with E-state index >= 15 is 0 Å². The van der Waals surface area contributed by atoms with Crippen LogP contribution in [0.15, 0.2) is 0 Å². The number of hydrogen-bond donors (Lipinski definition) is 2. The molecule has 0 aliphatic heterocycles. The van der Waals surface area contributed by atoms with Gasteiger partial charge in [0.05, 0.1) is 13.2 Å². The molecule has 0 aliphatic carbocycles. The third-order valence-electron chi connectivity index (χ3n) is 2.28. The summed E-state index contributed by atoms with van der Waals surface area (Å²) in [5, 5.41) is 16.8. The highest BCUT2D eigenvalue weighted by atomic mass is 32.1. The minimum atomic E-state index is -2.42. The molecule has 1 aromatic heterocycles. The predicted molar refractivity (Wildman–Crippen MR) is 67.1 cm³/mol. The van der Waals surface area contributed by atoms with Crippen LogP contribution in [0.3, 0.4) is 0 Å². The van der Waals surface area contributed by atoms with Crippen molar-refractivity contribution in [1.82, 2.24) is 14.5 Å². The molecule has 0 atom stereocenters. The summed E-state index contributed by atoms with van der Waals surface area (Å²) < 4.78 is 28.6. The number of rotatable bonds is 9. The average Bonchev–Trinajstić information content (AvgIpc) is 2.73. The molecule has 0 amide bonds. The predicted octanol–water partition coefficient (Wildman–Crippen LogP) is 1.42. The number of aliphatic hydroxyl groups excluding tert-OH is 1. The maximum absolute atomic E-state index is 12.4. The van der Waals surface area contributed by atoms with Gasteiger partial charge in [0, 0.05) is 31.2 Å². The molecule has 8 heteroatoms. The van der Waals surface area contributed by atoms with Gasteiger partial charge in [0.1, 0.15) is 10.7 Å². The van der Waals surface area contributed by atoms with Crippen LogP contribution in [0.1, 0.15) is 19.0 Å². The zero-order valence-electron chi connectivity index (χ0n) is 10.3. The molecule has 18 heavy (non-hydrogen) atoms. The standard InChI is InChI=1S/C10H18F2N4OS/c1-2-3-13-10-8(14-15-18-10)6-16(4-5-17)7-9(11)12/h9,13,17H,2-7H2,1H3. The van der Waals surface area contributed by atoms with Gasteiger partial charge in [0.15, 0.2) is 0 Å². The van der Waals surface area contributed by atoms with Crippen molar-refractivity contribution in [3.8, 4) is 0 Å². The first-order chi connectivity index (χ1) is 8.67. The summed E-state index contributed by atoms with van der Waals surface area (Å²) in [5.41, 5.74) is 0.655. The Kier molecular flexibility index (Phi) is 6.99. The van der Waals surface area contributed by atoms with Gasteiger partial charge in [-0.3, -0.25) is 4.90 Å².